The van der Waals surface area contributed by atoms with Crippen molar-refractivity contribution in [1.29, 1.82) is 0 Å². The van der Waals surface area contributed by atoms with Crippen molar-refractivity contribution in [3.05, 3.63) is 29.6 Å². The number of amides is 1. The van der Waals surface area contributed by atoms with Gasteiger partial charge in [-0.1, -0.05) is 27.7 Å². The first-order valence-corrected chi connectivity index (χ1v) is 8.10. The monoisotopic (exact) mass is 316 g/mol. The quantitative estimate of drug-likeness (QED) is 0.869. The largest absolute Gasteiger partial charge is 0.351 e. The summed E-state index contributed by atoms with van der Waals surface area (Å²) in [4.78, 5) is 11.7. The SMILES string of the molecule is CC(C)C(C)(C)CNC(=O)c1cc(S(N)(=O)=O)ccc1F. The number of sulfonamides is 1. The molecule has 1 aromatic rings. The highest BCUT2D eigenvalue weighted by Crippen LogP contribution is 2.25. The number of carbonyl (C=O) groups excluding carboxylic acids is 1. The van der Waals surface area contributed by atoms with Gasteiger partial charge in [0.1, 0.15) is 5.82 Å². The van der Waals surface area contributed by atoms with E-state index in [2.05, 4.69) is 5.32 Å². The summed E-state index contributed by atoms with van der Waals surface area (Å²) in [5.41, 5.74) is -0.495. The van der Waals surface area contributed by atoms with Gasteiger partial charge in [0.05, 0.1) is 10.5 Å². The van der Waals surface area contributed by atoms with E-state index in [4.69, 9.17) is 5.14 Å². The first-order valence-electron chi connectivity index (χ1n) is 6.55. The van der Waals surface area contributed by atoms with E-state index in [0.717, 1.165) is 18.2 Å². The summed E-state index contributed by atoms with van der Waals surface area (Å²) in [6.45, 7) is 8.36. The molecule has 5 nitrogen and oxygen atoms in total. The first-order chi connectivity index (χ1) is 9.45. The lowest BCUT2D eigenvalue weighted by Gasteiger charge is -2.29. The lowest BCUT2D eigenvalue weighted by Crippen LogP contribution is -2.37. The number of halogens is 1. The Morgan fingerprint density at radius 2 is 1.95 bits per heavy atom. The van der Waals surface area contributed by atoms with E-state index in [-0.39, 0.29) is 15.9 Å². The van der Waals surface area contributed by atoms with Crippen LogP contribution in [0.2, 0.25) is 0 Å². The average molecular weight is 316 g/mol. The Kier molecular flexibility index (Phi) is 5.11. The molecule has 7 heteroatoms. The lowest BCUT2D eigenvalue weighted by molar-refractivity contribution is 0.0920. The van der Waals surface area contributed by atoms with Crippen LogP contribution in [0.5, 0.6) is 0 Å². The Morgan fingerprint density at radius 3 is 2.43 bits per heavy atom. The molecule has 0 aliphatic heterocycles. The Hall–Kier alpha value is -1.47. The molecule has 0 aliphatic carbocycles. The smallest absolute Gasteiger partial charge is 0.254 e. The fourth-order valence-corrected chi connectivity index (χ4v) is 2.00. The fraction of sp³-hybridized carbons (Fsp3) is 0.500. The maximum absolute atomic E-state index is 13.7. The van der Waals surface area contributed by atoms with Crippen LogP contribution in [0.1, 0.15) is 38.1 Å². The van der Waals surface area contributed by atoms with E-state index < -0.39 is 21.7 Å². The molecule has 0 aliphatic rings. The number of nitrogens with one attached hydrogen (secondary N) is 1. The van der Waals surface area contributed by atoms with Crippen molar-refractivity contribution in [2.24, 2.45) is 16.5 Å². The van der Waals surface area contributed by atoms with E-state index >= 15 is 0 Å². The van der Waals surface area contributed by atoms with Gasteiger partial charge in [0.25, 0.3) is 5.91 Å². The average Bonchev–Trinajstić information content (AvgIpc) is 2.35. The molecule has 0 bridgehead atoms. The zero-order valence-electron chi connectivity index (χ0n) is 12.6. The second-order valence-corrected chi connectivity index (χ2v) is 7.57. The lowest BCUT2D eigenvalue weighted by atomic mass is 9.81. The molecule has 0 fully saturated rings. The first kappa shape index (κ1) is 17.6. The molecule has 0 saturated carbocycles. The molecular formula is C14H21FN2O3S. The summed E-state index contributed by atoms with van der Waals surface area (Å²) < 4.78 is 36.2. The van der Waals surface area contributed by atoms with Crippen LogP contribution in [0.4, 0.5) is 4.39 Å². The molecule has 0 aromatic heterocycles. The maximum Gasteiger partial charge on any atom is 0.254 e. The van der Waals surface area contributed by atoms with Crippen LogP contribution in [-0.2, 0) is 10.0 Å². The minimum atomic E-state index is -3.98. The summed E-state index contributed by atoms with van der Waals surface area (Å²) in [6, 6.07) is 2.89. The van der Waals surface area contributed by atoms with Gasteiger partial charge in [0.2, 0.25) is 10.0 Å². The van der Waals surface area contributed by atoms with Gasteiger partial charge in [-0.3, -0.25) is 4.79 Å². The summed E-state index contributed by atoms with van der Waals surface area (Å²) in [5, 5.41) is 7.60. The molecule has 0 saturated heterocycles. The number of hydrogen-bond acceptors (Lipinski definition) is 3. The molecule has 1 aromatic carbocycles. The number of hydrogen-bond donors (Lipinski definition) is 2. The second-order valence-electron chi connectivity index (χ2n) is 6.01. The predicted molar refractivity (Wildman–Crippen MR) is 78.7 cm³/mol. The van der Waals surface area contributed by atoms with Gasteiger partial charge in [-0.05, 0) is 29.5 Å². The van der Waals surface area contributed by atoms with Gasteiger partial charge in [-0.25, -0.2) is 17.9 Å². The third-order valence-corrected chi connectivity index (χ3v) is 4.69. The van der Waals surface area contributed by atoms with Crippen LogP contribution in [0.25, 0.3) is 0 Å². The third-order valence-electron chi connectivity index (χ3n) is 3.78. The summed E-state index contributed by atoms with van der Waals surface area (Å²) in [7, 11) is -3.98. The third kappa shape index (κ3) is 4.50. The van der Waals surface area contributed by atoms with Crippen LogP contribution in [-0.4, -0.2) is 20.9 Å². The van der Waals surface area contributed by atoms with E-state index in [1.54, 1.807) is 0 Å². The summed E-state index contributed by atoms with van der Waals surface area (Å²) >= 11 is 0. The minimum absolute atomic E-state index is 0.163. The van der Waals surface area contributed by atoms with Crippen molar-refractivity contribution < 1.29 is 17.6 Å². The van der Waals surface area contributed by atoms with Gasteiger partial charge in [0, 0.05) is 6.54 Å². The second kappa shape index (κ2) is 6.11. The number of carbonyl (C=O) groups is 1. The molecule has 118 valence electrons. The Balaban J connectivity index is 2.98. The molecule has 0 spiro atoms. The molecule has 0 radical (unpaired) electrons. The van der Waals surface area contributed by atoms with Crippen molar-refractivity contribution in [1.82, 2.24) is 5.32 Å². The van der Waals surface area contributed by atoms with Gasteiger partial charge in [0.15, 0.2) is 0 Å². The van der Waals surface area contributed by atoms with Crippen LogP contribution in [0, 0.1) is 17.2 Å². The molecule has 3 N–H and O–H groups in total. The van der Waals surface area contributed by atoms with Crippen molar-refractivity contribution in [3.8, 4) is 0 Å². The fourth-order valence-electron chi connectivity index (χ4n) is 1.46. The number of nitrogens with two attached hydrogens (primary N) is 1. The van der Waals surface area contributed by atoms with Crippen molar-refractivity contribution >= 4 is 15.9 Å². The van der Waals surface area contributed by atoms with Crippen molar-refractivity contribution in [3.63, 3.8) is 0 Å². The standard InChI is InChI=1S/C14H21FN2O3S/c1-9(2)14(3,4)8-17-13(18)11-7-10(21(16,19)20)5-6-12(11)15/h5-7,9H,8H2,1-4H3,(H,17,18)(H2,16,19,20). The molecule has 1 rings (SSSR count). The predicted octanol–water partition coefficient (Wildman–Crippen LogP) is 1.89. The maximum atomic E-state index is 13.7. The Morgan fingerprint density at radius 1 is 1.38 bits per heavy atom. The van der Waals surface area contributed by atoms with Gasteiger partial charge in [-0.15, -0.1) is 0 Å². The number of primary sulfonamides is 1. The van der Waals surface area contributed by atoms with Gasteiger partial charge in [-0.2, -0.15) is 0 Å². The number of benzene rings is 1. The molecule has 21 heavy (non-hydrogen) atoms. The van der Waals surface area contributed by atoms with Gasteiger partial charge < -0.3 is 5.32 Å². The van der Waals surface area contributed by atoms with E-state index in [1.807, 2.05) is 27.7 Å². The summed E-state index contributed by atoms with van der Waals surface area (Å²) in [6.07, 6.45) is 0. The van der Waals surface area contributed by atoms with Crippen LogP contribution in [0.3, 0.4) is 0 Å². The minimum Gasteiger partial charge on any atom is -0.351 e. The molecule has 0 unspecified atom stereocenters. The Labute approximate surface area is 124 Å². The molecule has 0 heterocycles. The van der Waals surface area contributed by atoms with E-state index in [0.29, 0.717) is 12.5 Å². The zero-order chi connectivity index (χ0) is 16.4. The van der Waals surface area contributed by atoms with E-state index in [1.165, 1.54) is 0 Å². The van der Waals surface area contributed by atoms with Gasteiger partial charge >= 0.3 is 0 Å². The highest BCUT2D eigenvalue weighted by atomic mass is 32.2. The normalized spacial score (nSPS) is 12.5. The van der Waals surface area contributed by atoms with Crippen molar-refractivity contribution in [2.45, 2.75) is 32.6 Å². The molecular weight excluding hydrogens is 295 g/mol. The highest BCUT2D eigenvalue weighted by Gasteiger charge is 2.24. The Bertz CT molecular complexity index is 640. The topological polar surface area (TPSA) is 89.3 Å². The molecule has 0 atom stereocenters. The number of rotatable bonds is 5. The zero-order valence-corrected chi connectivity index (χ0v) is 13.4. The van der Waals surface area contributed by atoms with Crippen LogP contribution in [0.15, 0.2) is 23.1 Å². The van der Waals surface area contributed by atoms with Crippen molar-refractivity contribution in [2.75, 3.05) is 6.54 Å². The highest BCUT2D eigenvalue weighted by molar-refractivity contribution is 7.89. The summed E-state index contributed by atoms with van der Waals surface area (Å²) in [5.74, 6) is -1.13. The van der Waals surface area contributed by atoms with Crippen LogP contribution >= 0.6 is 0 Å². The van der Waals surface area contributed by atoms with E-state index in [9.17, 15) is 17.6 Å². The molecule has 1 amide bonds. The van der Waals surface area contributed by atoms with Crippen LogP contribution < -0.4 is 10.5 Å².